The normalized spacial score (nSPS) is 9.74. The van der Waals surface area contributed by atoms with E-state index < -0.39 is 0 Å². The number of unbranched alkanes of at least 4 members (excludes halogenated alkanes) is 12. The van der Waals surface area contributed by atoms with Crippen LogP contribution < -0.4 is 0 Å². The molecule has 0 aliphatic rings. The Bertz CT molecular complexity index is 1790. The van der Waals surface area contributed by atoms with Gasteiger partial charge in [-0.05, 0) is 109 Å². The summed E-state index contributed by atoms with van der Waals surface area (Å²) in [5, 5.41) is 0. The van der Waals surface area contributed by atoms with Gasteiger partial charge in [-0.2, -0.15) is 0 Å². The standard InChI is InChI=1S/C28H50.6C7H8/c1-5-8-11-14-17-20-26-23-27(21-18-15-12-9-6-2)25(4)28(24-26)22-19-16-13-10-7-3;6*1-7-5-3-2-4-6-7/h23-24H,5-22H2,1-4H3;6*2-6H,1H3. The minimum Gasteiger partial charge on any atom is -0.0654 e. The molecule has 70 heavy (non-hydrogen) atoms. The van der Waals surface area contributed by atoms with Gasteiger partial charge in [0.1, 0.15) is 0 Å². The second-order valence-electron chi connectivity index (χ2n) is 19.0. The molecule has 7 rings (SSSR count). The zero-order chi connectivity index (χ0) is 51.1. The van der Waals surface area contributed by atoms with Crippen LogP contribution in [-0.2, 0) is 19.3 Å². The summed E-state index contributed by atoms with van der Waals surface area (Å²) in [6, 6.07) is 66.7. The molecule has 0 N–H and O–H groups in total. The van der Waals surface area contributed by atoms with E-state index in [4.69, 9.17) is 0 Å². The maximum absolute atomic E-state index is 2.57. The lowest BCUT2D eigenvalue weighted by atomic mass is 9.90. The van der Waals surface area contributed by atoms with Gasteiger partial charge in [0.2, 0.25) is 0 Å². The average Bonchev–Trinajstić information content (AvgIpc) is 3.37. The number of benzene rings is 7. The average molecular weight is 940 g/mol. The minimum atomic E-state index is 1.29. The van der Waals surface area contributed by atoms with Crippen LogP contribution in [0.15, 0.2) is 194 Å². The van der Waals surface area contributed by atoms with Gasteiger partial charge >= 0.3 is 0 Å². The summed E-state index contributed by atoms with van der Waals surface area (Å²) < 4.78 is 0. The van der Waals surface area contributed by atoms with Crippen LogP contribution in [0.3, 0.4) is 0 Å². The van der Waals surface area contributed by atoms with Gasteiger partial charge in [0, 0.05) is 0 Å². The molecule has 0 saturated heterocycles. The van der Waals surface area contributed by atoms with Crippen molar-refractivity contribution in [1.29, 1.82) is 0 Å². The van der Waals surface area contributed by atoms with Crippen LogP contribution in [0.2, 0.25) is 0 Å². The van der Waals surface area contributed by atoms with Gasteiger partial charge in [-0.25, -0.2) is 0 Å². The van der Waals surface area contributed by atoms with Crippen LogP contribution in [0.25, 0.3) is 0 Å². The van der Waals surface area contributed by atoms with E-state index in [0.717, 1.165) is 0 Å². The highest BCUT2D eigenvalue weighted by Gasteiger charge is 2.08. The van der Waals surface area contributed by atoms with Crippen LogP contribution in [-0.4, -0.2) is 0 Å². The van der Waals surface area contributed by atoms with E-state index in [1.807, 2.05) is 109 Å². The Labute approximate surface area is 432 Å². The van der Waals surface area contributed by atoms with Crippen LogP contribution in [0.4, 0.5) is 0 Å². The lowest BCUT2D eigenvalue weighted by molar-refractivity contribution is 0.622. The summed E-state index contributed by atoms with van der Waals surface area (Å²) in [6.07, 6.45) is 24.7. The Morgan fingerprint density at radius 3 is 0.614 bits per heavy atom. The van der Waals surface area contributed by atoms with Crippen LogP contribution in [0.1, 0.15) is 173 Å². The highest BCUT2D eigenvalue weighted by atomic mass is 14.1. The first kappa shape index (κ1) is 62.6. The molecule has 0 spiro atoms. The molecular formula is C70H98. The second kappa shape index (κ2) is 44.7. The quantitative estimate of drug-likeness (QED) is 0.0752. The Balaban J connectivity index is 0.000000467. The summed E-state index contributed by atoms with van der Waals surface area (Å²) in [5.41, 5.74) is 14.5. The molecule has 7 aromatic rings. The fourth-order valence-corrected chi connectivity index (χ4v) is 7.55. The predicted molar refractivity (Wildman–Crippen MR) is 316 cm³/mol. The summed E-state index contributed by atoms with van der Waals surface area (Å²) in [6.45, 7) is 21.8. The van der Waals surface area contributed by atoms with Gasteiger partial charge < -0.3 is 0 Å². The third-order valence-electron chi connectivity index (χ3n) is 12.0. The summed E-state index contributed by atoms with van der Waals surface area (Å²) in [7, 11) is 0. The van der Waals surface area contributed by atoms with Crippen molar-refractivity contribution in [1.82, 2.24) is 0 Å². The van der Waals surface area contributed by atoms with Gasteiger partial charge in [0.05, 0.1) is 0 Å². The molecule has 0 unspecified atom stereocenters. The lowest BCUT2D eigenvalue weighted by Crippen LogP contribution is -2.01. The molecule has 0 heteroatoms. The first-order chi connectivity index (χ1) is 34.1. The Morgan fingerprint density at radius 2 is 0.429 bits per heavy atom. The topological polar surface area (TPSA) is 0 Å². The van der Waals surface area contributed by atoms with E-state index in [1.165, 1.54) is 149 Å². The predicted octanol–water partition coefficient (Wildman–Crippen LogP) is 21.5. The Kier molecular flexibility index (Phi) is 40.0. The molecule has 0 aromatic heterocycles. The molecule has 0 nitrogen and oxygen atoms in total. The first-order valence-electron chi connectivity index (χ1n) is 27.3. The fourth-order valence-electron chi connectivity index (χ4n) is 7.55. The van der Waals surface area contributed by atoms with Gasteiger partial charge in [0.25, 0.3) is 0 Å². The molecule has 0 aliphatic heterocycles. The number of hydrogen-bond donors (Lipinski definition) is 0. The van der Waals surface area contributed by atoms with Gasteiger partial charge in [-0.15, -0.1) is 0 Å². The first-order valence-corrected chi connectivity index (χ1v) is 27.3. The number of rotatable bonds is 18. The molecule has 0 heterocycles. The van der Waals surface area contributed by atoms with Crippen molar-refractivity contribution in [2.75, 3.05) is 0 Å². The monoisotopic (exact) mass is 939 g/mol. The highest BCUT2D eigenvalue weighted by Crippen LogP contribution is 2.24. The highest BCUT2D eigenvalue weighted by molar-refractivity contribution is 5.39. The Morgan fingerprint density at radius 1 is 0.229 bits per heavy atom. The van der Waals surface area contributed by atoms with Gasteiger partial charge in [-0.1, -0.05) is 325 Å². The molecule has 0 amide bonds. The van der Waals surface area contributed by atoms with Crippen LogP contribution in [0.5, 0.6) is 0 Å². The maximum atomic E-state index is 2.57. The van der Waals surface area contributed by atoms with Crippen LogP contribution >= 0.6 is 0 Å². The van der Waals surface area contributed by atoms with Gasteiger partial charge in [-0.3, -0.25) is 0 Å². The molecule has 0 radical (unpaired) electrons. The van der Waals surface area contributed by atoms with E-state index in [1.54, 1.807) is 22.3 Å². The van der Waals surface area contributed by atoms with E-state index >= 15 is 0 Å². The number of hydrogen-bond acceptors (Lipinski definition) is 0. The van der Waals surface area contributed by atoms with Crippen molar-refractivity contribution in [2.24, 2.45) is 0 Å². The van der Waals surface area contributed by atoms with E-state index in [-0.39, 0.29) is 0 Å². The molecule has 0 saturated carbocycles. The van der Waals surface area contributed by atoms with Gasteiger partial charge in [0.15, 0.2) is 0 Å². The lowest BCUT2D eigenvalue weighted by Gasteiger charge is -2.15. The van der Waals surface area contributed by atoms with E-state index in [9.17, 15) is 0 Å². The molecule has 378 valence electrons. The third kappa shape index (κ3) is 37.4. The van der Waals surface area contributed by atoms with Crippen molar-refractivity contribution in [3.05, 3.63) is 250 Å². The van der Waals surface area contributed by atoms with Crippen molar-refractivity contribution in [3.63, 3.8) is 0 Å². The summed E-state index contributed by atoms with van der Waals surface area (Å²) in [4.78, 5) is 0. The smallest absolute Gasteiger partial charge is 0.0276 e. The summed E-state index contributed by atoms with van der Waals surface area (Å²) in [5.74, 6) is 0. The molecule has 7 aromatic carbocycles. The molecule has 0 aliphatic carbocycles. The largest absolute Gasteiger partial charge is 0.0654 e. The van der Waals surface area contributed by atoms with E-state index in [0.29, 0.717) is 0 Å². The maximum Gasteiger partial charge on any atom is -0.0276 e. The molecule has 0 fully saturated rings. The minimum absolute atomic E-state index is 1.29. The number of aryl methyl sites for hydroxylation is 9. The second-order valence-corrected chi connectivity index (χ2v) is 19.0. The SMILES string of the molecule is CCCCCCCc1cc(CCCCCCC)c(C)c(CCCCCCC)c1.Cc1ccccc1.Cc1ccccc1.Cc1ccccc1.Cc1ccccc1.Cc1ccccc1.Cc1ccccc1. The van der Waals surface area contributed by atoms with Crippen molar-refractivity contribution < 1.29 is 0 Å². The zero-order valence-electron chi connectivity index (χ0n) is 46.2. The van der Waals surface area contributed by atoms with E-state index in [2.05, 4.69) is 154 Å². The fraction of sp³-hybridized carbons (Fsp3) is 0.400. The third-order valence-corrected chi connectivity index (χ3v) is 12.0. The molecule has 0 atom stereocenters. The summed E-state index contributed by atoms with van der Waals surface area (Å²) >= 11 is 0. The molecule has 0 bridgehead atoms. The van der Waals surface area contributed by atoms with Crippen molar-refractivity contribution >= 4 is 0 Å². The Hall–Kier alpha value is -5.46. The van der Waals surface area contributed by atoms with Crippen molar-refractivity contribution in [2.45, 2.75) is 185 Å². The zero-order valence-corrected chi connectivity index (χ0v) is 46.2. The molecular weight excluding hydrogens is 841 g/mol. The van der Waals surface area contributed by atoms with Crippen molar-refractivity contribution in [3.8, 4) is 0 Å². The van der Waals surface area contributed by atoms with Crippen LogP contribution in [0, 0.1) is 48.5 Å².